The van der Waals surface area contributed by atoms with Gasteiger partial charge in [0.15, 0.2) is 0 Å². The van der Waals surface area contributed by atoms with Gasteiger partial charge in [0.2, 0.25) is 5.91 Å². The van der Waals surface area contributed by atoms with Crippen molar-refractivity contribution in [2.75, 3.05) is 63.4 Å². The molecule has 1 aliphatic heterocycles. The van der Waals surface area contributed by atoms with Gasteiger partial charge < -0.3 is 30.2 Å². The third kappa shape index (κ3) is 7.25. The quantitative estimate of drug-likeness (QED) is 0.227. The Bertz CT molecular complexity index is 690. The average Bonchev–Trinajstić information content (AvgIpc) is 3.06. The van der Waals surface area contributed by atoms with Crippen LogP contribution in [0.3, 0.4) is 0 Å². The molecular weight excluding hydrogens is 386 g/mol. The second kappa shape index (κ2) is 11.2. The SMILES string of the molecule is CC(=O)N(CCNCC(O)COc1cccc2c1N(C)CN2)OCCO[N+](=O)[O-]. The monoisotopic (exact) mass is 413 g/mol. The molecule has 1 amide bonds. The maximum absolute atomic E-state index is 11.5. The van der Waals surface area contributed by atoms with E-state index in [-0.39, 0.29) is 38.8 Å². The van der Waals surface area contributed by atoms with Gasteiger partial charge in [0.1, 0.15) is 30.8 Å². The summed E-state index contributed by atoms with van der Waals surface area (Å²) >= 11 is 0. The lowest BCUT2D eigenvalue weighted by molar-refractivity contribution is -0.758. The van der Waals surface area contributed by atoms with Crippen molar-refractivity contribution in [2.45, 2.75) is 13.0 Å². The highest BCUT2D eigenvalue weighted by Gasteiger charge is 2.20. The second-order valence-electron chi connectivity index (χ2n) is 6.37. The van der Waals surface area contributed by atoms with Crippen molar-refractivity contribution in [3.8, 4) is 5.75 Å². The van der Waals surface area contributed by atoms with Crippen LogP contribution in [0.25, 0.3) is 0 Å². The van der Waals surface area contributed by atoms with Crippen LogP contribution in [0.4, 0.5) is 11.4 Å². The smallest absolute Gasteiger partial charge is 0.294 e. The van der Waals surface area contributed by atoms with Gasteiger partial charge in [-0.1, -0.05) is 6.07 Å². The standard InChI is InChI=1S/C17H27N5O7/c1-13(23)21(28-8-9-29-22(25)26)7-6-18-10-14(24)11-27-16-5-3-4-15-17(16)20(2)12-19-15/h3-5,14,18-19,24H,6-12H2,1-2H3. The molecule has 2 rings (SSSR count). The lowest BCUT2D eigenvalue weighted by Gasteiger charge is -2.21. The molecule has 12 heteroatoms. The second-order valence-corrected chi connectivity index (χ2v) is 6.37. The molecule has 0 radical (unpaired) electrons. The molecule has 1 atom stereocenters. The van der Waals surface area contributed by atoms with Crippen LogP contribution in [0.5, 0.6) is 5.75 Å². The van der Waals surface area contributed by atoms with Crippen LogP contribution in [-0.4, -0.2) is 80.4 Å². The van der Waals surface area contributed by atoms with E-state index in [1.807, 2.05) is 30.1 Å². The number of fused-ring (bicyclic) bond motifs is 1. The van der Waals surface area contributed by atoms with Crippen LogP contribution in [0.2, 0.25) is 0 Å². The van der Waals surface area contributed by atoms with Crippen molar-refractivity contribution in [1.29, 1.82) is 0 Å². The molecule has 1 aromatic carbocycles. The molecule has 0 spiro atoms. The Hall–Kier alpha value is -2.83. The van der Waals surface area contributed by atoms with E-state index >= 15 is 0 Å². The first-order valence-corrected chi connectivity index (χ1v) is 9.16. The highest BCUT2D eigenvalue weighted by Crippen LogP contribution is 2.38. The summed E-state index contributed by atoms with van der Waals surface area (Å²) in [5, 5.41) is 26.6. The first-order chi connectivity index (χ1) is 13.9. The zero-order valence-electron chi connectivity index (χ0n) is 16.5. The van der Waals surface area contributed by atoms with E-state index in [9.17, 15) is 20.0 Å². The maximum atomic E-state index is 11.5. The van der Waals surface area contributed by atoms with Crippen LogP contribution < -0.4 is 20.3 Å². The van der Waals surface area contributed by atoms with Gasteiger partial charge in [0, 0.05) is 27.1 Å². The third-order valence-electron chi connectivity index (χ3n) is 4.07. The van der Waals surface area contributed by atoms with Crippen LogP contribution in [0.15, 0.2) is 18.2 Å². The van der Waals surface area contributed by atoms with Crippen LogP contribution in [0.1, 0.15) is 6.92 Å². The van der Waals surface area contributed by atoms with Gasteiger partial charge >= 0.3 is 0 Å². The minimum absolute atomic E-state index is 0.114. The number of carbonyl (C=O) groups excluding carboxylic acids is 1. The molecule has 0 bridgehead atoms. The molecule has 162 valence electrons. The van der Waals surface area contributed by atoms with E-state index in [4.69, 9.17) is 9.57 Å². The van der Waals surface area contributed by atoms with Gasteiger partial charge in [0.05, 0.1) is 25.5 Å². The number of anilines is 2. The highest BCUT2D eigenvalue weighted by molar-refractivity contribution is 5.80. The Morgan fingerprint density at radius 3 is 3.00 bits per heavy atom. The van der Waals surface area contributed by atoms with Crippen LogP contribution in [0, 0.1) is 10.1 Å². The number of hydrogen-bond donors (Lipinski definition) is 3. The number of amides is 1. The molecule has 1 unspecified atom stereocenters. The first kappa shape index (κ1) is 22.5. The minimum Gasteiger partial charge on any atom is -0.489 e. The number of aliphatic hydroxyl groups is 1. The molecule has 29 heavy (non-hydrogen) atoms. The van der Waals surface area contributed by atoms with Gasteiger partial charge in [-0.2, -0.15) is 0 Å². The molecule has 1 heterocycles. The Morgan fingerprint density at radius 2 is 2.28 bits per heavy atom. The summed E-state index contributed by atoms with van der Waals surface area (Å²) in [6.45, 7) is 2.58. The fraction of sp³-hybridized carbons (Fsp3) is 0.588. The molecule has 0 fully saturated rings. The fourth-order valence-corrected chi connectivity index (χ4v) is 2.72. The number of rotatable bonds is 13. The number of hydroxylamine groups is 2. The van der Waals surface area contributed by atoms with Gasteiger partial charge in [-0.15, -0.1) is 10.1 Å². The van der Waals surface area contributed by atoms with Gasteiger partial charge in [-0.3, -0.25) is 9.63 Å². The number of aliphatic hydroxyl groups excluding tert-OH is 1. The molecule has 0 aromatic heterocycles. The summed E-state index contributed by atoms with van der Waals surface area (Å²) in [6, 6.07) is 5.71. The van der Waals surface area contributed by atoms with Crippen molar-refractivity contribution in [2.24, 2.45) is 0 Å². The number of carbonyl (C=O) groups is 1. The Balaban J connectivity index is 1.65. The third-order valence-corrected chi connectivity index (χ3v) is 4.07. The number of ether oxygens (including phenoxy) is 1. The Morgan fingerprint density at radius 1 is 1.48 bits per heavy atom. The summed E-state index contributed by atoms with van der Waals surface area (Å²) in [7, 11) is 1.95. The normalized spacial score (nSPS) is 13.4. The van der Waals surface area contributed by atoms with Gasteiger partial charge in [-0.25, -0.2) is 5.06 Å². The summed E-state index contributed by atoms with van der Waals surface area (Å²) in [6.07, 6.45) is -0.745. The molecule has 0 aliphatic carbocycles. The molecule has 1 aromatic rings. The van der Waals surface area contributed by atoms with E-state index in [0.717, 1.165) is 16.4 Å². The molecule has 0 saturated heterocycles. The largest absolute Gasteiger partial charge is 0.489 e. The van der Waals surface area contributed by atoms with Gasteiger partial charge in [-0.05, 0) is 12.1 Å². The predicted octanol–water partition coefficient (Wildman–Crippen LogP) is -0.176. The molecule has 3 N–H and O–H groups in total. The van der Waals surface area contributed by atoms with E-state index in [0.29, 0.717) is 19.0 Å². The molecule has 12 nitrogen and oxygen atoms in total. The van der Waals surface area contributed by atoms with Crippen molar-refractivity contribution < 1.29 is 29.4 Å². The predicted molar refractivity (Wildman–Crippen MR) is 104 cm³/mol. The topological polar surface area (TPSA) is 139 Å². The van der Waals surface area contributed by atoms with Gasteiger partial charge in [0.25, 0.3) is 5.09 Å². The first-order valence-electron chi connectivity index (χ1n) is 9.16. The Kier molecular flexibility index (Phi) is 8.70. The highest BCUT2D eigenvalue weighted by atomic mass is 17.0. The summed E-state index contributed by atoms with van der Waals surface area (Å²) in [5.41, 5.74) is 1.95. The van der Waals surface area contributed by atoms with E-state index in [1.165, 1.54) is 6.92 Å². The summed E-state index contributed by atoms with van der Waals surface area (Å²) in [5.74, 6) is 0.356. The van der Waals surface area contributed by atoms with Crippen molar-refractivity contribution >= 4 is 17.3 Å². The van der Waals surface area contributed by atoms with E-state index in [2.05, 4.69) is 15.5 Å². The number of para-hydroxylation sites is 1. The zero-order chi connectivity index (χ0) is 21.2. The minimum atomic E-state index is -0.926. The summed E-state index contributed by atoms with van der Waals surface area (Å²) in [4.78, 5) is 32.8. The number of benzene rings is 1. The number of hydrogen-bond acceptors (Lipinski definition) is 10. The fourth-order valence-electron chi connectivity index (χ4n) is 2.72. The average molecular weight is 413 g/mol. The van der Waals surface area contributed by atoms with E-state index in [1.54, 1.807) is 0 Å². The van der Waals surface area contributed by atoms with Crippen LogP contribution in [-0.2, 0) is 14.5 Å². The molecule has 0 saturated carbocycles. The molecule has 1 aliphatic rings. The molecular formula is C17H27N5O7. The van der Waals surface area contributed by atoms with Crippen molar-refractivity contribution in [3.05, 3.63) is 28.3 Å². The van der Waals surface area contributed by atoms with Crippen molar-refractivity contribution in [3.63, 3.8) is 0 Å². The van der Waals surface area contributed by atoms with Crippen LogP contribution >= 0.6 is 0 Å². The van der Waals surface area contributed by atoms with Crippen molar-refractivity contribution in [1.82, 2.24) is 10.4 Å². The lowest BCUT2D eigenvalue weighted by atomic mass is 10.2. The Labute approximate surface area is 168 Å². The number of nitrogens with zero attached hydrogens (tertiary/aromatic N) is 3. The summed E-state index contributed by atoms with van der Waals surface area (Å²) < 4.78 is 5.75. The van der Waals surface area contributed by atoms with E-state index < -0.39 is 11.2 Å². The lowest BCUT2D eigenvalue weighted by Crippen LogP contribution is -2.39. The number of nitrogens with one attached hydrogen (secondary N) is 2. The maximum Gasteiger partial charge on any atom is 0.294 e. The zero-order valence-corrected chi connectivity index (χ0v) is 16.5.